The lowest BCUT2D eigenvalue weighted by molar-refractivity contribution is -0.117. The molecule has 3 aromatic rings. The molecule has 0 radical (unpaired) electrons. The van der Waals surface area contributed by atoms with Gasteiger partial charge in [-0.3, -0.25) is 14.5 Å². The lowest BCUT2D eigenvalue weighted by Gasteiger charge is -2.25. The van der Waals surface area contributed by atoms with Crippen molar-refractivity contribution in [2.45, 2.75) is 26.3 Å². The Hall–Kier alpha value is -3.80. The molecule has 3 aromatic carbocycles. The van der Waals surface area contributed by atoms with Gasteiger partial charge in [-0.05, 0) is 49.7 Å². The zero-order valence-electron chi connectivity index (χ0n) is 18.2. The number of amides is 2. The van der Waals surface area contributed by atoms with E-state index in [0.717, 1.165) is 11.3 Å². The van der Waals surface area contributed by atoms with Gasteiger partial charge in [0, 0.05) is 23.7 Å². The van der Waals surface area contributed by atoms with Gasteiger partial charge >= 0.3 is 0 Å². The smallest absolute Gasteiger partial charge is 0.259 e. The molecular formula is C26H26N2O4. The van der Waals surface area contributed by atoms with Crippen molar-refractivity contribution in [1.29, 1.82) is 0 Å². The third-order valence-electron chi connectivity index (χ3n) is 5.34. The summed E-state index contributed by atoms with van der Waals surface area (Å²) in [5, 5.41) is 2.97. The summed E-state index contributed by atoms with van der Waals surface area (Å²) in [7, 11) is 0. The van der Waals surface area contributed by atoms with Crippen LogP contribution in [-0.2, 0) is 11.2 Å². The highest BCUT2D eigenvalue weighted by atomic mass is 16.5. The van der Waals surface area contributed by atoms with Gasteiger partial charge in [0.15, 0.2) is 0 Å². The number of hydrogen-bond donors (Lipinski definition) is 1. The molecule has 0 aliphatic carbocycles. The highest BCUT2D eigenvalue weighted by molar-refractivity contribution is 6.13. The molecule has 0 spiro atoms. The monoisotopic (exact) mass is 430 g/mol. The Morgan fingerprint density at radius 2 is 1.66 bits per heavy atom. The van der Waals surface area contributed by atoms with E-state index in [1.165, 1.54) is 0 Å². The minimum Gasteiger partial charge on any atom is -0.494 e. The summed E-state index contributed by atoms with van der Waals surface area (Å²) in [5.74, 6) is 0.711. The molecule has 0 unspecified atom stereocenters. The minimum absolute atomic E-state index is 0.205. The van der Waals surface area contributed by atoms with Gasteiger partial charge in [-0.2, -0.15) is 0 Å². The van der Waals surface area contributed by atoms with Crippen LogP contribution in [0.5, 0.6) is 11.5 Å². The Morgan fingerprint density at radius 3 is 2.41 bits per heavy atom. The number of benzene rings is 3. The molecule has 1 aliphatic heterocycles. The van der Waals surface area contributed by atoms with Gasteiger partial charge in [-0.1, -0.05) is 36.4 Å². The van der Waals surface area contributed by atoms with Crippen LogP contribution in [0, 0.1) is 0 Å². The number of carbonyl (C=O) groups is 2. The van der Waals surface area contributed by atoms with Gasteiger partial charge in [0.2, 0.25) is 5.91 Å². The third kappa shape index (κ3) is 4.30. The topological polar surface area (TPSA) is 67.9 Å². The second-order valence-electron chi connectivity index (χ2n) is 7.40. The van der Waals surface area contributed by atoms with Crippen molar-refractivity contribution in [1.82, 2.24) is 0 Å². The highest BCUT2D eigenvalue weighted by Crippen LogP contribution is 2.35. The van der Waals surface area contributed by atoms with Crippen molar-refractivity contribution >= 4 is 23.2 Å². The summed E-state index contributed by atoms with van der Waals surface area (Å²) in [6, 6.07) is 21.3. The van der Waals surface area contributed by atoms with E-state index in [4.69, 9.17) is 9.47 Å². The molecule has 1 aliphatic rings. The van der Waals surface area contributed by atoms with Crippen molar-refractivity contribution in [3.05, 3.63) is 83.9 Å². The van der Waals surface area contributed by atoms with Gasteiger partial charge in [0.05, 0.1) is 18.9 Å². The predicted octanol–water partition coefficient (Wildman–Crippen LogP) is 4.69. The van der Waals surface area contributed by atoms with Crippen LogP contribution < -0.4 is 19.7 Å². The summed E-state index contributed by atoms with van der Waals surface area (Å²) in [6.07, 6.45) is 0.440. The largest absolute Gasteiger partial charge is 0.494 e. The normalized spacial score (nSPS) is 14.6. The summed E-state index contributed by atoms with van der Waals surface area (Å²) in [4.78, 5) is 28.4. The fraction of sp³-hybridized carbons (Fsp3) is 0.231. The molecule has 4 rings (SSSR count). The molecule has 0 saturated carbocycles. The van der Waals surface area contributed by atoms with Gasteiger partial charge in [0.1, 0.15) is 17.5 Å². The molecule has 32 heavy (non-hydrogen) atoms. The Morgan fingerprint density at radius 1 is 0.938 bits per heavy atom. The number of anilines is 2. The summed E-state index contributed by atoms with van der Waals surface area (Å²) in [5.41, 5.74) is 2.78. The van der Waals surface area contributed by atoms with Crippen LogP contribution in [0.2, 0.25) is 0 Å². The average molecular weight is 431 g/mol. The number of ether oxygens (including phenoxy) is 2. The molecule has 0 aromatic heterocycles. The maximum atomic E-state index is 13.5. The maximum Gasteiger partial charge on any atom is 0.259 e. The van der Waals surface area contributed by atoms with E-state index < -0.39 is 6.04 Å². The number of fused-ring (bicyclic) bond motifs is 1. The van der Waals surface area contributed by atoms with E-state index in [-0.39, 0.29) is 11.8 Å². The maximum absolute atomic E-state index is 13.5. The molecule has 0 fully saturated rings. The molecule has 6 nitrogen and oxygen atoms in total. The fourth-order valence-electron chi connectivity index (χ4n) is 3.93. The molecule has 0 saturated heterocycles. The van der Waals surface area contributed by atoms with Crippen molar-refractivity contribution in [3.63, 3.8) is 0 Å². The van der Waals surface area contributed by atoms with E-state index in [2.05, 4.69) is 5.32 Å². The van der Waals surface area contributed by atoms with Gasteiger partial charge < -0.3 is 14.8 Å². The Kier molecular flexibility index (Phi) is 6.40. The molecule has 164 valence electrons. The molecule has 1 atom stereocenters. The molecule has 0 bridgehead atoms. The lowest BCUT2D eigenvalue weighted by Crippen LogP contribution is -2.45. The fourth-order valence-corrected chi connectivity index (χ4v) is 3.93. The van der Waals surface area contributed by atoms with Crippen molar-refractivity contribution in [2.75, 3.05) is 23.4 Å². The number of nitrogens with zero attached hydrogens (tertiary/aromatic N) is 1. The van der Waals surface area contributed by atoms with Gasteiger partial charge in [-0.25, -0.2) is 0 Å². The van der Waals surface area contributed by atoms with Crippen LogP contribution in [0.15, 0.2) is 72.8 Å². The molecular weight excluding hydrogens is 404 g/mol. The molecule has 2 amide bonds. The first-order chi connectivity index (χ1) is 15.6. The highest BCUT2D eigenvalue weighted by Gasteiger charge is 2.38. The SMILES string of the molecule is CCOc1ccc(OCC)c(NC(=O)[C@H]2Cc3ccccc3N2C(=O)c2ccccc2)c1. The van der Waals surface area contributed by atoms with Crippen molar-refractivity contribution < 1.29 is 19.1 Å². The van der Waals surface area contributed by atoms with E-state index in [9.17, 15) is 9.59 Å². The average Bonchev–Trinajstić information content (AvgIpc) is 3.21. The molecule has 6 heteroatoms. The van der Waals surface area contributed by atoms with E-state index in [1.54, 1.807) is 35.2 Å². The number of para-hydroxylation sites is 1. The second-order valence-corrected chi connectivity index (χ2v) is 7.40. The van der Waals surface area contributed by atoms with Crippen LogP contribution in [0.25, 0.3) is 0 Å². The van der Waals surface area contributed by atoms with Gasteiger partial charge in [0.25, 0.3) is 5.91 Å². The number of carbonyl (C=O) groups excluding carboxylic acids is 2. The first-order valence-corrected chi connectivity index (χ1v) is 10.8. The van der Waals surface area contributed by atoms with Crippen LogP contribution in [0.4, 0.5) is 11.4 Å². The van der Waals surface area contributed by atoms with Crippen molar-refractivity contribution in [3.8, 4) is 11.5 Å². The zero-order chi connectivity index (χ0) is 22.5. The quantitative estimate of drug-likeness (QED) is 0.590. The number of hydrogen-bond acceptors (Lipinski definition) is 4. The lowest BCUT2D eigenvalue weighted by atomic mass is 10.1. The summed E-state index contributed by atoms with van der Waals surface area (Å²) >= 11 is 0. The van der Waals surface area contributed by atoms with Crippen LogP contribution >= 0.6 is 0 Å². The van der Waals surface area contributed by atoms with Crippen LogP contribution in [0.3, 0.4) is 0 Å². The van der Waals surface area contributed by atoms with E-state index >= 15 is 0 Å². The number of rotatable bonds is 7. The Labute approximate surface area is 187 Å². The second kappa shape index (κ2) is 9.56. The Bertz CT molecular complexity index is 1110. The zero-order valence-corrected chi connectivity index (χ0v) is 18.2. The first kappa shape index (κ1) is 21.4. The first-order valence-electron chi connectivity index (χ1n) is 10.8. The van der Waals surface area contributed by atoms with E-state index in [0.29, 0.717) is 42.4 Å². The van der Waals surface area contributed by atoms with Crippen LogP contribution in [0.1, 0.15) is 29.8 Å². The van der Waals surface area contributed by atoms with Crippen LogP contribution in [-0.4, -0.2) is 31.1 Å². The predicted molar refractivity (Wildman–Crippen MR) is 125 cm³/mol. The minimum atomic E-state index is -0.676. The molecule has 1 N–H and O–H groups in total. The summed E-state index contributed by atoms with van der Waals surface area (Å²) < 4.78 is 11.3. The van der Waals surface area contributed by atoms with Gasteiger partial charge in [-0.15, -0.1) is 0 Å². The number of nitrogens with one attached hydrogen (secondary N) is 1. The summed E-state index contributed by atoms with van der Waals surface area (Å²) in [6.45, 7) is 4.76. The standard InChI is InChI=1S/C26H26N2O4/c1-3-31-20-14-15-24(32-4-2)21(17-20)27-25(29)23-16-19-12-8-9-13-22(19)28(23)26(30)18-10-6-5-7-11-18/h5-15,17,23H,3-4,16H2,1-2H3,(H,27,29)/t23-/m1/s1. The Balaban J connectivity index is 1.65. The molecule has 1 heterocycles. The van der Waals surface area contributed by atoms with E-state index in [1.807, 2.05) is 56.3 Å². The third-order valence-corrected chi connectivity index (χ3v) is 5.34. The van der Waals surface area contributed by atoms with Crippen molar-refractivity contribution in [2.24, 2.45) is 0 Å².